The highest BCUT2D eigenvalue weighted by atomic mass is 16.4. The second-order valence-corrected chi connectivity index (χ2v) is 8.85. The summed E-state index contributed by atoms with van der Waals surface area (Å²) in [6, 6.07) is 23.2. The normalized spacial score (nSPS) is 11.3. The van der Waals surface area contributed by atoms with E-state index in [4.69, 9.17) is 4.42 Å². The first-order chi connectivity index (χ1) is 17.5. The number of hydrogen-bond donors (Lipinski definition) is 0. The molecule has 0 aliphatic rings. The van der Waals surface area contributed by atoms with Crippen LogP contribution in [0.25, 0.3) is 21.7 Å². The van der Waals surface area contributed by atoms with Crippen molar-refractivity contribution in [2.24, 2.45) is 0 Å². The molecule has 7 heteroatoms. The Morgan fingerprint density at radius 1 is 0.806 bits per heavy atom. The number of pyridine rings is 2. The number of carbonyl (C=O) groups is 1. The van der Waals surface area contributed by atoms with Crippen LogP contribution in [-0.4, -0.2) is 27.8 Å². The van der Waals surface area contributed by atoms with Crippen molar-refractivity contribution in [3.63, 3.8) is 0 Å². The van der Waals surface area contributed by atoms with Gasteiger partial charge >= 0.3 is 5.63 Å². The lowest BCUT2D eigenvalue weighted by Crippen LogP contribution is -2.26. The third-order valence-corrected chi connectivity index (χ3v) is 6.22. The molecule has 1 amide bonds. The minimum atomic E-state index is -0.370. The molecule has 180 valence electrons. The third-order valence-electron chi connectivity index (χ3n) is 6.22. The van der Waals surface area contributed by atoms with Crippen molar-refractivity contribution in [3.05, 3.63) is 113 Å². The van der Waals surface area contributed by atoms with E-state index < -0.39 is 0 Å². The van der Waals surface area contributed by atoms with Gasteiger partial charge in [0, 0.05) is 57.1 Å². The maximum Gasteiger partial charge on any atom is 0.340 e. The lowest BCUT2D eigenvalue weighted by molar-refractivity contribution is -0.116. The zero-order valence-corrected chi connectivity index (χ0v) is 20.2. The lowest BCUT2D eigenvalue weighted by atomic mass is 10.1. The first kappa shape index (κ1) is 23.4. The molecule has 2 aromatic carbocycles. The highest BCUT2D eigenvalue weighted by molar-refractivity contribution is 5.99. The van der Waals surface area contributed by atoms with E-state index in [1.165, 1.54) is 6.92 Å². The topological polar surface area (TPSA) is 79.5 Å². The fraction of sp³-hybridized carbons (Fsp3) is 0.172. The molecule has 0 fully saturated rings. The van der Waals surface area contributed by atoms with Gasteiger partial charge in [-0.3, -0.25) is 19.7 Å². The largest absolute Gasteiger partial charge is 0.422 e. The molecule has 36 heavy (non-hydrogen) atoms. The second-order valence-electron chi connectivity index (χ2n) is 8.85. The minimum absolute atomic E-state index is 0.0488. The van der Waals surface area contributed by atoms with Crippen LogP contribution in [0.5, 0.6) is 0 Å². The van der Waals surface area contributed by atoms with Crippen LogP contribution in [0.3, 0.4) is 0 Å². The summed E-state index contributed by atoms with van der Waals surface area (Å²) in [5.41, 5.74) is 3.33. The van der Waals surface area contributed by atoms with E-state index in [0.29, 0.717) is 30.8 Å². The molecule has 0 atom stereocenters. The van der Waals surface area contributed by atoms with E-state index in [2.05, 4.69) is 14.9 Å². The van der Waals surface area contributed by atoms with Crippen LogP contribution in [0.1, 0.15) is 23.9 Å². The SMILES string of the molecule is CC(=O)N(C)c1ccc2cc3cc(CN(Cc4ccccn4)Cc4ccccn4)c(=O)oc3cc2c1. The summed E-state index contributed by atoms with van der Waals surface area (Å²) in [5, 5.41) is 2.75. The number of carbonyl (C=O) groups excluding carboxylic acids is 1. The van der Waals surface area contributed by atoms with Gasteiger partial charge in [0.2, 0.25) is 5.91 Å². The maximum absolute atomic E-state index is 13.0. The van der Waals surface area contributed by atoms with Crippen molar-refractivity contribution in [3.8, 4) is 0 Å². The van der Waals surface area contributed by atoms with Gasteiger partial charge < -0.3 is 9.32 Å². The Hall–Kier alpha value is -4.36. The highest BCUT2D eigenvalue weighted by Crippen LogP contribution is 2.27. The van der Waals surface area contributed by atoms with Crippen LogP contribution in [0.15, 0.2) is 94.4 Å². The quantitative estimate of drug-likeness (QED) is 0.244. The monoisotopic (exact) mass is 478 g/mol. The molecule has 0 unspecified atom stereocenters. The first-order valence-electron chi connectivity index (χ1n) is 11.7. The minimum Gasteiger partial charge on any atom is -0.422 e. The van der Waals surface area contributed by atoms with Crippen molar-refractivity contribution < 1.29 is 9.21 Å². The van der Waals surface area contributed by atoms with E-state index in [9.17, 15) is 9.59 Å². The van der Waals surface area contributed by atoms with Gasteiger partial charge in [0.15, 0.2) is 0 Å². The van der Waals surface area contributed by atoms with Crippen LogP contribution >= 0.6 is 0 Å². The zero-order chi connectivity index (χ0) is 25.1. The average Bonchev–Trinajstić information content (AvgIpc) is 2.88. The zero-order valence-electron chi connectivity index (χ0n) is 20.2. The summed E-state index contributed by atoms with van der Waals surface area (Å²) < 4.78 is 5.76. The summed E-state index contributed by atoms with van der Waals surface area (Å²) >= 11 is 0. The van der Waals surface area contributed by atoms with Crippen molar-refractivity contribution >= 4 is 33.3 Å². The number of amides is 1. The standard InChI is InChI=1S/C29H26N4O3/c1-20(34)32(2)27-10-9-21-13-23-14-24(29(35)36-28(23)16-22(21)15-27)17-33(18-25-7-3-5-11-30-25)19-26-8-4-6-12-31-26/h3-16H,17-19H2,1-2H3. The van der Waals surface area contributed by atoms with Crippen LogP contribution in [-0.2, 0) is 24.4 Å². The van der Waals surface area contributed by atoms with Crippen molar-refractivity contribution in [1.82, 2.24) is 14.9 Å². The molecule has 5 rings (SSSR count). The molecule has 7 nitrogen and oxygen atoms in total. The van der Waals surface area contributed by atoms with E-state index in [1.807, 2.05) is 72.8 Å². The number of anilines is 1. The Morgan fingerprint density at radius 3 is 2.11 bits per heavy atom. The molecular weight excluding hydrogens is 452 g/mol. The lowest BCUT2D eigenvalue weighted by Gasteiger charge is -2.21. The fourth-order valence-corrected chi connectivity index (χ4v) is 4.25. The number of nitrogens with zero attached hydrogens (tertiary/aromatic N) is 4. The molecule has 0 spiro atoms. The number of benzene rings is 2. The Bertz CT molecular complexity index is 1540. The number of hydrogen-bond acceptors (Lipinski definition) is 6. The van der Waals surface area contributed by atoms with Gasteiger partial charge in [0.1, 0.15) is 5.58 Å². The number of aromatic nitrogens is 2. The molecule has 0 saturated heterocycles. The summed E-state index contributed by atoms with van der Waals surface area (Å²) in [4.78, 5) is 37.4. The molecule has 5 aromatic rings. The van der Waals surface area contributed by atoms with Crippen LogP contribution in [0.2, 0.25) is 0 Å². The Kier molecular flexibility index (Phi) is 6.56. The summed E-state index contributed by atoms with van der Waals surface area (Å²) in [6.45, 7) is 3.06. The van der Waals surface area contributed by atoms with Crippen molar-refractivity contribution in [1.29, 1.82) is 0 Å². The van der Waals surface area contributed by atoms with Gasteiger partial charge in [-0.2, -0.15) is 0 Å². The van der Waals surface area contributed by atoms with E-state index >= 15 is 0 Å². The molecular formula is C29H26N4O3. The summed E-state index contributed by atoms with van der Waals surface area (Å²) in [6.07, 6.45) is 3.53. The van der Waals surface area contributed by atoms with Crippen molar-refractivity contribution in [2.75, 3.05) is 11.9 Å². The number of fused-ring (bicyclic) bond motifs is 2. The molecule has 3 aromatic heterocycles. The third kappa shape index (κ3) is 5.16. The molecule has 0 aliphatic heterocycles. The Balaban J connectivity index is 1.48. The van der Waals surface area contributed by atoms with E-state index in [0.717, 1.165) is 33.2 Å². The van der Waals surface area contributed by atoms with Gasteiger partial charge in [0.05, 0.1) is 17.0 Å². The van der Waals surface area contributed by atoms with Gasteiger partial charge in [-0.25, -0.2) is 4.79 Å². The molecule has 0 N–H and O–H groups in total. The Morgan fingerprint density at radius 2 is 1.50 bits per heavy atom. The van der Waals surface area contributed by atoms with Gasteiger partial charge in [-0.05, 0) is 65.4 Å². The molecule has 0 saturated carbocycles. The predicted molar refractivity (Wildman–Crippen MR) is 140 cm³/mol. The first-order valence-corrected chi connectivity index (χ1v) is 11.7. The molecule has 3 heterocycles. The smallest absolute Gasteiger partial charge is 0.340 e. The van der Waals surface area contributed by atoms with Crippen LogP contribution in [0, 0.1) is 0 Å². The highest BCUT2D eigenvalue weighted by Gasteiger charge is 2.15. The molecule has 0 radical (unpaired) electrons. The van der Waals surface area contributed by atoms with Crippen LogP contribution < -0.4 is 10.5 Å². The van der Waals surface area contributed by atoms with E-state index in [-0.39, 0.29) is 11.5 Å². The van der Waals surface area contributed by atoms with Crippen molar-refractivity contribution in [2.45, 2.75) is 26.6 Å². The van der Waals surface area contributed by atoms with Crippen LogP contribution in [0.4, 0.5) is 5.69 Å². The van der Waals surface area contributed by atoms with Gasteiger partial charge in [-0.15, -0.1) is 0 Å². The predicted octanol–water partition coefficient (Wildman–Crippen LogP) is 4.92. The average molecular weight is 479 g/mol. The fourth-order valence-electron chi connectivity index (χ4n) is 4.25. The summed E-state index contributed by atoms with van der Waals surface area (Å²) in [5.74, 6) is -0.0488. The molecule has 0 aliphatic carbocycles. The Labute approximate surface area is 208 Å². The van der Waals surface area contributed by atoms with Gasteiger partial charge in [-0.1, -0.05) is 18.2 Å². The van der Waals surface area contributed by atoms with E-state index in [1.54, 1.807) is 24.3 Å². The number of rotatable bonds is 7. The molecule has 0 bridgehead atoms. The summed E-state index contributed by atoms with van der Waals surface area (Å²) in [7, 11) is 1.73. The second kappa shape index (κ2) is 10.1. The van der Waals surface area contributed by atoms with Gasteiger partial charge in [0.25, 0.3) is 0 Å². The maximum atomic E-state index is 13.0.